The van der Waals surface area contributed by atoms with E-state index in [1.165, 1.54) is 0 Å². The monoisotopic (exact) mass is 398 g/mol. The summed E-state index contributed by atoms with van der Waals surface area (Å²) >= 11 is 0. The van der Waals surface area contributed by atoms with E-state index in [1.807, 2.05) is 60.8 Å². The van der Waals surface area contributed by atoms with Crippen molar-refractivity contribution in [2.24, 2.45) is 0 Å². The lowest BCUT2D eigenvalue weighted by Crippen LogP contribution is -2.31. The molecule has 0 atom stereocenters. The predicted molar refractivity (Wildman–Crippen MR) is 118 cm³/mol. The molecule has 0 aliphatic carbocycles. The maximum atomic E-state index is 13.6. The van der Waals surface area contributed by atoms with Crippen LogP contribution in [0.4, 0.5) is 5.69 Å². The Labute approximate surface area is 174 Å². The van der Waals surface area contributed by atoms with Gasteiger partial charge in [-0.1, -0.05) is 43.3 Å². The van der Waals surface area contributed by atoms with E-state index in [0.717, 1.165) is 34.1 Å². The molecule has 30 heavy (non-hydrogen) atoms. The number of anilines is 1. The lowest BCUT2D eigenvalue weighted by molar-refractivity contribution is 0.0696. The van der Waals surface area contributed by atoms with E-state index in [-0.39, 0.29) is 18.0 Å². The van der Waals surface area contributed by atoms with Crippen LogP contribution in [-0.2, 0) is 13.0 Å². The summed E-state index contributed by atoms with van der Waals surface area (Å²) in [5.41, 5.74) is 4.33. The summed E-state index contributed by atoms with van der Waals surface area (Å²) in [7, 11) is 0. The van der Waals surface area contributed by atoms with E-state index in [2.05, 4.69) is 11.9 Å². The van der Waals surface area contributed by atoms with E-state index in [1.54, 1.807) is 23.1 Å². The number of carbonyl (C=O) groups excluding carboxylic acids is 1. The number of hydrogen-bond acceptors (Lipinski definition) is 2. The number of aromatic amines is 1. The number of fused-ring (bicyclic) bond motifs is 1. The Bertz CT molecular complexity index is 1230. The Hall–Kier alpha value is -3.86. The Kier molecular flexibility index (Phi) is 5.35. The van der Waals surface area contributed by atoms with Crippen LogP contribution < -0.4 is 4.90 Å². The first kappa shape index (κ1) is 19.5. The van der Waals surface area contributed by atoms with Crippen molar-refractivity contribution in [1.82, 2.24) is 4.98 Å². The quantitative estimate of drug-likeness (QED) is 0.464. The number of aromatic nitrogens is 1. The average Bonchev–Trinajstić information content (AvgIpc) is 3.25. The first-order chi connectivity index (χ1) is 14.6. The minimum atomic E-state index is -0.985. The maximum Gasteiger partial charge on any atom is 0.335 e. The van der Waals surface area contributed by atoms with Crippen molar-refractivity contribution >= 4 is 28.5 Å². The molecule has 0 fully saturated rings. The summed E-state index contributed by atoms with van der Waals surface area (Å²) in [6.45, 7) is 2.33. The van der Waals surface area contributed by atoms with Gasteiger partial charge in [-0.25, -0.2) is 4.79 Å². The van der Waals surface area contributed by atoms with Crippen LogP contribution in [0, 0.1) is 0 Å². The van der Waals surface area contributed by atoms with Gasteiger partial charge in [-0.05, 0) is 59.3 Å². The summed E-state index contributed by atoms with van der Waals surface area (Å²) < 4.78 is 0. The number of carboxylic acids is 1. The Balaban J connectivity index is 1.77. The zero-order chi connectivity index (χ0) is 21.1. The summed E-state index contributed by atoms with van der Waals surface area (Å²) in [5.74, 6) is -1.12. The van der Waals surface area contributed by atoms with Gasteiger partial charge in [0, 0.05) is 23.0 Å². The highest BCUT2D eigenvalue weighted by atomic mass is 16.4. The normalized spacial score (nSPS) is 10.8. The third-order valence-electron chi connectivity index (χ3n) is 5.23. The molecule has 0 bridgehead atoms. The number of rotatable bonds is 6. The smallest absolute Gasteiger partial charge is 0.335 e. The van der Waals surface area contributed by atoms with Crippen LogP contribution in [0.15, 0.2) is 79.0 Å². The molecule has 4 aromatic rings. The van der Waals surface area contributed by atoms with E-state index < -0.39 is 5.97 Å². The molecule has 1 aromatic heterocycles. The number of H-pyrrole nitrogens is 1. The molecule has 2 N–H and O–H groups in total. The van der Waals surface area contributed by atoms with Crippen LogP contribution in [0.2, 0.25) is 0 Å². The van der Waals surface area contributed by atoms with Crippen molar-refractivity contribution in [2.75, 3.05) is 4.90 Å². The zero-order valence-corrected chi connectivity index (χ0v) is 16.6. The third-order valence-corrected chi connectivity index (χ3v) is 5.23. The minimum absolute atomic E-state index is 0.131. The molecular formula is C25H22N2O3. The second-order valence-corrected chi connectivity index (χ2v) is 7.16. The lowest BCUT2D eigenvalue weighted by Gasteiger charge is -2.26. The summed E-state index contributed by atoms with van der Waals surface area (Å²) in [6, 6.07) is 22.1. The van der Waals surface area contributed by atoms with E-state index in [4.69, 9.17) is 0 Å². The van der Waals surface area contributed by atoms with Crippen molar-refractivity contribution in [3.63, 3.8) is 0 Å². The van der Waals surface area contributed by atoms with Crippen LogP contribution in [0.3, 0.4) is 0 Å². The van der Waals surface area contributed by atoms with Crippen LogP contribution in [0.5, 0.6) is 0 Å². The van der Waals surface area contributed by atoms with Gasteiger partial charge in [0.05, 0.1) is 12.1 Å². The molecule has 0 radical (unpaired) electrons. The van der Waals surface area contributed by atoms with Gasteiger partial charge in [-0.3, -0.25) is 4.79 Å². The van der Waals surface area contributed by atoms with Crippen LogP contribution in [0.25, 0.3) is 10.9 Å². The van der Waals surface area contributed by atoms with Gasteiger partial charge in [-0.2, -0.15) is 0 Å². The molecule has 1 heterocycles. The highest BCUT2D eigenvalue weighted by Gasteiger charge is 2.21. The van der Waals surface area contributed by atoms with Gasteiger partial charge in [0.25, 0.3) is 5.91 Å². The zero-order valence-electron chi connectivity index (χ0n) is 16.6. The molecule has 3 aromatic carbocycles. The Morgan fingerprint density at radius 3 is 2.57 bits per heavy atom. The van der Waals surface area contributed by atoms with E-state index >= 15 is 0 Å². The first-order valence-corrected chi connectivity index (χ1v) is 9.86. The highest BCUT2D eigenvalue weighted by molar-refractivity contribution is 6.08. The van der Waals surface area contributed by atoms with E-state index in [9.17, 15) is 14.7 Å². The van der Waals surface area contributed by atoms with Crippen LogP contribution in [0.1, 0.15) is 38.8 Å². The summed E-state index contributed by atoms with van der Waals surface area (Å²) in [5, 5.41) is 10.4. The van der Waals surface area contributed by atoms with Crippen molar-refractivity contribution < 1.29 is 14.7 Å². The number of nitrogens with zero attached hydrogens (tertiary/aromatic N) is 1. The fraction of sp³-hybridized carbons (Fsp3) is 0.120. The fourth-order valence-corrected chi connectivity index (χ4v) is 3.66. The van der Waals surface area contributed by atoms with Crippen molar-refractivity contribution in [3.8, 4) is 0 Å². The van der Waals surface area contributed by atoms with Crippen LogP contribution in [-0.4, -0.2) is 22.0 Å². The topological polar surface area (TPSA) is 73.4 Å². The molecule has 4 rings (SSSR count). The summed E-state index contributed by atoms with van der Waals surface area (Å²) in [6.07, 6.45) is 2.63. The SMILES string of the molecule is CCc1ccccc1N(Cc1cccc(C(=O)O)c1)C(=O)c1ccc2cc[nH]c2c1. The molecule has 0 unspecified atom stereocenters. The number of aryl methyl sites for hydroxylation is 1. The van der Waals surface area contributed by atoms with Gasteiger partial charge in [0.15, 0.2) is 0 Å². The largest absolute Gasteiger partial charge is 0.478 e. The number of benzene rings is 3. The second-order valence-electron chi connectivity index (χ2n) is 7.16. The second kappa shape index (κ2) is 8.25. The lowest BCUT2D eigenvalue weighted by atomic mass is 10.0. The fourth-order valence-electron chi connectivity index (χ4n) is 3.66. The van der Waals surface area contributed by atoms with Crippen molar-refractivity contribution in [3.05, 3.63) is 101 Å². The summed E-state index contributed by atoms with van der Waals surface area (Å²) in [4.78, 5) is 29.9. The molecule has 150 valence electrons. The predicted octanol–water partition coefficient (Wildman–Crippen LogP) is 5.28. The number of hydrogen-bond donors (Lipinski definition) is 2. The van der Waals surface area contributed by atoms with Crippen LogP contribution >= 0.6 is 0 Å². The highest BCUT2D eigenvalue weighted by Crippen LogP contribution is 2.26. The molecule has 5 heteroatoms. The van der Waals surface area contributed by atoms with Crippen molar-refractivity contribution in [2.45, 2.75) is 19.9 Å². The molecule has 0 spiro atoms. The number of carboxylic acid groups (broad SMARTS) is 1. The molecule has 5 nitrogen and oxygen atoms in total. The number of amides is 1. The molecule has 0 saturated heterocycles. The average molecular weight is 398 g/mol. The maximum absolute atomic E-state index is 13.6. The number of nitrogens with one attached hydrogen (secondary N) is 1. The molecule has 0 aliphatic heterocycles. The molecule has 1 amide bonds. The number of aromatic carboxylic acids is 1. The minimum Gasteiger partial charge on any atom is -0.478 e. The molecule has 0 aliphatic rings. The molecule has 0 saturated carbocycles. The number of carbonyl (C=O) groups is 2. The van der Waals surface area contributed by atoms with Gasteiger partial charge in [0.2, 0.25) is 0 Å². The third kappa shape index (κ3) is 3.82. The van der Waals surface area contributed by atoms with Gasteiger partial charge in [-0.15, -0.1) is 0 Å². The molecular weight excluding hydrogens is 376 g/mol. The van der Waals surface area contributed by atoms with E-state index in [0.29, 0.717) is 5.56 Å². The number of para-hydroxylation sites is 1. The van der Waals surface area contributed by atoms with Gasteiger partial charge >= 0.3 is 5.97 Å². The Morgan fingerprint density at radius 1 is 0.933 bits per heavy atom. The first-order valence-electron chi connectivity index (χ1n) is 9.86. The van der Waals surface area contributed by atoms with Gasteiger partial charge < -0.3 is 15.0 Å². The Morgan fingerprint density at radius 2 is 1.77 bits per heavy atom. The standard InChI is InChI=1S/C25H22N2O3/c1-2-18-7-3-4-9-23(18)27(16-17-6-5-8-21(14-17)25(29)30)24(28)20-11-10-19-12-13-26-22(19)15-20/h3-15,26H,2,16H2,1H3,(H,29,30). The van der Waals surface area contributed by atoms with Gasteiger partial charge in [0.1, 0.15) is 0 Å². The van der Waals surface area contributed by atoms with Crippen molar-refractivity contribution in [1.29, 1.82) is 0 Å².